The van der Waals surface area contributed by atoms with Gasteiger partial charge in [-0.3, -0.25) is 9.89 Å². The summed E-state index contributed by atoms with van der Waals surface area (Å²) in [5.74, 6) is 0.460. The van der Waals surface area contributed by atoms with Gasteiger partial charge in [0.1, 0.15) is 11.1 Å². The highest BCUT2D eigenvalue weighted by atomic mass is 32.2. The maximum atomic E-state index is 12.6. The van der Waals surface area contributed by atoms with Gasteiger partial charge in [0, 0.05) is 5.56 Å². The van der Waals surface area contributed by atoms with E-state index in [1.54, 1.807) is 24.3 Å². The summed E-state index contributed by atoms with van der Waals surface area (Å²) in [5.41, 5.74) is 5.37. The number of nitrogen functional groups attached to an aromatic ring is 1. The number of methoxy groups -OCH3 is 1. The highest BCUT2D eigenvalue weighted by Crippen LogP contribution is 2.23. The molecule has 0 amide bonds. The minimum atomic E-state index is -3.90. The summed E-state index contributed by atoms with van der Waals surface area (Å²) in [5, 5.41) is 6.16. The molecule has 0 aliphatic rings. The first-order valence-electron chi connectivity index (χ1n) is 6.44. The van der Waals surface area contributed by atoms with Crippen LogP contribution >= 0.6 is 0 Å². The minimum Gasteiger partial charge on any atom is -0.497 e. The summed E-state index contributed by atoms with van der Waals surface area (Å²) in [4.78, 5) is 16.7. The van der Waals surface area contributed by atoms with E-state index in [1.165, 1.54) is 7.11 Å². The van der Waals surface area contributed by atoms with E-state index in [2.05, 4.69) is 15.2 Å². The van der Waals surface area contributed by atoms with E-state index >= 15 is 0 Å². The molecule has 0 atom stereocenters. The van der Waals surface area contributed by atoms with Crippen molar-refractivity contribution in [2.45, 2.75) is 0 Å². The Balaban J connectivity index is 2.41. The number of fused-ring (bicyclic) bond motifs is 1. The van der Waals surface area contributed by atoms with Gasteiger partial charge in [-0.1, -0.05) is 0 Å². The number of aromatic nitrogens is 4. The Morgan fingerprint density at radius 2 is 1.91 bits per heavy atom. The van der Waals surface area contributed by atoms with Crippen molar-refractivity contribution < 1.29 is 13.2 Å². The number of anilines is 1. The number of nitrogens with zero attached hydrogens (tertiary/aromatic N) is 3. The fourth-order valence-corrected chi connectivity index (χ4v) is 3.07. The van der Waals surface area contributed by atoms with Gasteiger partial charge in [-0.25, -0.2) is 13.4 Å². The molecule has 0 aliphatic carbocycles. The quantitative estimate of drug-likeness (QED) is 0.697. The van der Waals surface area contributed by atoms with Crippen molar-refractivity contribution in [3.8, 4) is 17.1 Å². The Morgan fingerprint density at radius 1 is 1.26 bits per heavy atom. The van der Waals surface area contributed by atoms with Crippen LogP contribution in [0, 0.1) is 0 Å². The molecule has 10 heteroatoms. The monoisotopic (exact) mass is 335 g/mol. The number of nitrogens with one attached hydrogen (secondary N) is 1. The number of benzene rings is 1. The Kier molecular flexibility index (Phi) is 3.33. The van der Waals surface area contributed by atoms with Crippen molar-refractivity contribution in [2.75, 3.05) is 19.1 Å². The fraction of sp³-hybridized carbons (Fsp3) is 0.154. The molecule has 2 heterocycles. The molecule has 0 spiro atoms. The van der Waals surface area contributed by atoms with E-state index < -0.39 is 15.6 Å². The van der Waals surface area contributed by atoms with Crippen LogP contribution in [0.15, 0.2) is 29.1 Å². The molecule has 0 bridgehead atoms. The zero-order chi connectivity index (χ0) is 16.8. The molecule has 3 rings (SSSR count). The van der Waals surface area contributed by atoms with Gasteiger partial charge >= 0.3 is 0 Å². The van der Waals surface area contributed by atoms with Crippen LogP contribution in [0.25, 0.3) is 22.4 Å². The molecule has 0 aliphatic heterocycles. The Bertz CT molecular complexity index is 1050. The SMILES string of the molecule is COc1ccc(-c2nc3[nH]nc(N)c3c(=O)n2S(C)(=O)=O)cc1. The van der Waals surface area contributed by atoms with Gasteiger partial charge in [0.2, 0.25) is 10.0 Å². The highest BCUT2D eigenvalue weighted by molar-refractivity contribution is 7.89. The Labute approximate surface area is 130 Å². The molecule has 3 aromatic rings. The first kappa shape index (κ1) is 15.0. The Hall–Kier alpha value is -2.88. The number of hydrogen-bond acceptors (Lipinski definition) is 7. The zero-order valence-electron chi connectivity index (χ0n) is 12.3. The van der Waals surface area contributed by atoms with Crippen LogP contribution in [0.1, 0.15) is 0 Å². The lowest BCUT2D eigenvalue weighted by Crippen LogP contribution is -2.29. The molecule has 2 aromatic heterocycles. The number of ether oxygens (including phenoxy) is 1. The van der Waals surface area contributed by atoms with E-state index in [0.29, 0.717) is 15.3 Å². The number of H-pyrrole nitrogens is 1. The highest BCUT2D eigenvalue weighted by Gasteiger charge is 2.22. The standard InChI is InChI=1S/C13H13N5O4S/c1-22-8-5-3-7(4-6-8)12-15-11-9(10(14)16-17-11)13(19)18(12)23(2,20)21/h3-6H,1-2H3,(H3,14,16,17). The van der Waals surface area contributed by atoms with Gasteiger partial charge in [0.25, 0.3) is 5.56 Å². The molecule has 9 nitrogen and oxygen atoms in total. The molecule has 0 unspecified atom stereocenters. The van der Waals surface area contributed by atoms with Crippen LogP contribution in [-0.4, -0.2) is 40.9 Å². The lowest BCUT2D eigenvalue weighted by molar-refractivity contribution is 0.415. The van der Waals surface area contributed by atoms with E-state index in [1.807, 2.05) is 0 Å². The van der Waals surface area contributed by atoms with Gasteiger partial charge in [-0.2, -0.15) is 9.07 Å². The average Bonchev–Trinajstić information content (AvgIpc) is 2.87. The van der Waals surface area contributed by atoms with Crippen molar-refractivity contribution in [3.63, 3.8) is 0 Å². The van der Waals surface area contributed by atoms with Crippen LogP contribution in [0.4, 0.5) is 5.82 Å². The summed E-state index contributed by atoms with van der Waals surface area (Å²) < 4.78 is 29.8. The van der Waals surface area contributed by atoms with Crippen molar-refractivity contribution in [3.05, 3.63) is 34.6 Å². The predicted molar refractivity (Wildman–Crippen MR) is 84.8 cm³/mol. The molecule has 0 saturated heterocycles. The summed E-state index contributed by atoms with van der Waals surface area (Å²) in [7, 11) is -2.39. The topological polar surface area (TPSA) is 133 Å². The molecule has 1 aromatic carbocycles. The Morgan fingerprint density at radius 3 is 2.48 bits per heavy atom. The van der Waals surface area contributed by atoms with Crippen molar-refractivity contribution in [1.29, 1.82) is 0 Å². The van der Waals surface area contributed by atoms with Crippen molar-refractivity contribution in [2.24, 2.45) is 0 Å². The summed E-state index contributed by atoms with van der Waals surface area (Å²) >= 11 is 0. The molecule has 23 heavy (non-hydrogen) atoms. The summed E-state index contributed by atoms with van der Waals surface area (Å²) in [6.45, 7) is 0. The van der Waals surface area contributed by atoms with Crippen molar-refractivity contribution >= 4 is 26.9 Å². The molecular weight excluding hydrogens is 322 g/mol. The largest absolute Gasteiger partial charge is 0.497 e. The van der Waals surface area contributed by atoms with Gasteiger partial charge in [-0.05, 0) is 24.3 Å². The van der Waals surface area contributed by atoms with Crippen LogP contribution in [-0.2, 0) is 10.0 Å². The second kappa shape index (κ2) is 5.09. The third-order valence-corrected chi connectivity index (χ3v) is 4.27. The van der Waals surface area contributed by atoms with E-state index in [9.17, 15) is 13.2 Å². The first-order chi connectivity index (χ1) is 10.8. The van der Waals surface area contributed by atoms with Gasteiger partial charge in [-0.15, -0.1) is 0 Å². The molecule has 0 saturated carbocycles. The first-order valence-corrected chi connectivity index (χ1v) is 8.29. The molecule has 3 N–H and O–H groups in total. The second-order valence-electron chi connectivity index (χ2n) is 4.83. The van der Waals surface area contributed by atoms with Gasteiger partial charge in [0.15, 0.2) is 17.3 Å². The van der Waals surface area contributed by atoms with Crippen LogP contribution < -0.4 is 16.0 Å². The van der Waals surface area contributed by atoms with Crippen molar-refractivity contribution in [1.82, 2.24) is 19.2 Å². The maximum absolute atomic E-state index is 12.6. The molecule has 0 radical (unpaired) electrons. The van der Waals surface area contributed by atoms with E-state index in [4.69, 9.17) is 10.5 Å². The van der Waals surface area contributed by atoms with Crippen LogP contribution in [0.5, 0.6) is 5.75 Å². The predicted octanol–water partition coefficient (Wildman–Crippen LogP) is 0.185. The number of nitrogens with two attached hydrogens (primary N) is 1. The summed E-state index contributed by atoms with van der Waals surface area (Å²) in [6, 6.07) is 6.49. The third-order valence-electron chi connectivity index (χ3n) is 3.26. The van der Waals surface area contributed by atoms with E-state index in [0.717, 1.165) is 6.26 Å². The van der Waals surface area contributed by atoms with E-state index in [-0.39, 0.29) is 22.7 Å². The number of hydrogen-bond donors (Lipinski definition) is 2. The lowest BCUT2D eigenvalue weighted by Gasteiger charge is -2.10. The average molecular weight is 335 g/mol. The number of rotatable bonds is 3. The molecule has 120 valence electrons. The fourth-order valence-electron chi connectivity index (χ4n) is 2.22. The zero-order valence-corrected chi connectivity index (χ0v) is 13.1. The van der Waals surface area contributed by atoms with Gasteiger partial charge < -0.3 is 10.5 Å². The number of aromatic amines is 1. The minimum absolute atomic E-state index is 0.0312. The molecular formula is C13H13N5O4S. The van der Waals surface area contributed by atoms with Crippen LogP contribution in [0.2, 0.25) is 0 Å². The second-order valence-corrected chi connectivity index (χ2v) is 6.66. The third kappa shape index (κ3) is 2.42. The molecule has 0 fully saturated rings. The normalized spacial score (nSPS) is 11.7. The van der Waals surface area contributed by atoms with Crippen LogP contribution in [0.3, 0.4) is 0 Å². The maximum Gasteiger partial charge on any atom is 0.280 e. The van der Waals surface area contributed by atoms with Gasteiger partial charge in [0.05, 0.1) is 13.4 Å². The lowest BCUT2D eigenvalue weighted by atomic mass is 10.2. The smallest absolute Gasteiger partial charge is 0.280 e. The summed E-state index contributed by atoms with van der Waals surface area (Å²) in [6.07, 6.45) is 0.922.